The number of halogens is 1. The molecule has 0 aromatic rings. The molecular weight excluding hydrogens is 156 g/mol. The van der Waals surface area contributed by atoms with E-state index < -0.39 is 0 Å². The first kappa shape index (κ1) is 11.0. The highest BCUT2D eigenvalue weighted by molar-refractivity contribution is 6.29. The van der Waals surface area contributed by atoms with Crippen LogP contribution in [-0.2, 0) is 0 Å². The Morgan fingerprint density at radius 1 is 1.36 bits per heavy atom. The molecule has 0 aromatic carbocycles. The Labute approximate surface area is 75.6 Å². The lowest BCUT2D eigenvalue weighted by atomic mass is 9.96. The van der Waals surface area contributed by atoms with Crippen molar-refractivity contribution < 1.29 is 0 Å². The normalized spacial score (nSPS) is 16.1. The van der Waals surface area contributed by atoms with E-state index in [0.29, 0.717) is 5.92 Å². The van der Waals surface area contributed by atoms with Gasteiger partial charge in [0, 0.05) is 5.03 Å². The Morgan fingerprint density at radius 3 is 2.27 bits per heavy atom. The summed E-state index contributed by atoms with van der Waals surface area (Å²) in [6.45, 7) is 8.57. The lowest BCUT2D eigenvalue weighted by Crippen LogP contribution is -1.96. The molecule has 0 aliphatic heterocycles. The van der Waals surface area contributed by atoms with Crippen molar-refractivity contribution in [1.29, 1.82) is 0 Å². The minimum atomic E-state index is 0.660. The zero-order chi connectivity index (χ0) is 8.85. The van der Waals surface area contributed by atoms with Gasteiger partial charge in [-0.2, -0.15) is 0 Å². The Bertz CT molecular complexity index is 132. The average Bonchev–Trinajstić information content (AvgIpc) is 1.98. The van der Waals surface area contributed by atoms with Crippen LogP contribution >= 0.6 is 11.6 Å². The van der Waals surface area contributed by atoms with Crippen LogP contribution in [0.5, 0.6) is 0 Å². The van der Waals surface area contributed by atoms with Gasteiger partial charge in [0.1, 0.15) is 0 Å². The fourth-order valence-corrected chi connectivity index (χ4v) is 1.25. The molecule has 0 amide bonds. The van der Waals surface area contributed by atoms with Gasteiger partial charge in [0.25, 0.3) is 0 Å². The minimum absolute atomic E-state index is 0.660. The van der Waals surface area contributed by atoms with Crippen LogP contribution < -0.4 is 0 Å². The zero-order valence-corrected chi connectivity index (χ0v) is 8.83. The second-order valence-electron chi connectivity index (χ2n) is 3.26. The van der Waals surface area contributed by atoms with Crippen LogP contribution in [0.2, 0.25) is 0 Å². The molecule has 0 saturated carbocycles. The zero-order valence-electron chi connectivity index (χ0n) is 8.08. The van der Waals surface area contributed by atoms with Crippen molar-refractivity contribution in [2.24, 2.45) is 5.92 Å². The van der Waals surface area contributed by atoms with Crippen LogP contribution in [0, 0.1) is 5.92 Å². The van der Waals surface area contributed by atoms with E-state index in [1.807, 2.05) is 6.92 Å². The van der Waals surface area contributed by atoms with E-state index in [9.17, 15) is 0 Å². The van der Waals surface area contributed by atoms with Crippen LogP contribution in [0.15, 0.2) is 10.6 Å². The van der Waals surface area contributed by atoms with Gasteiger partial charge in [-0.25, -0.2) is 0 Å². The Morgan fingerprint density at radius 2 is 1.91 bits per heavy atom. The maximum atomic E-state index is 5.88. The molecule has 0 nitrogen and oxygen atoms in total. The minimum Gasteiger partial charge on any atom is -0.0895 e. The molecule has 0 rings (SSSR count). The molecule has 0 aliphatic carbocycles. The van der Waals surface area contributed by atoms with Gasteiger partial charge in [-0.15, -0.1) is 0 Å². The number of unbranched alkanes of at least 4 members (excludes halogenated alkanes) is 1. The summed E-state index contributed by atoms with van der Waals surface area (Å²) >= 11 is 5.88. The summed E-state index contributed by atoms with van der Waals surface area (Å²) < 4.78 is 0. The van der Waals surface area contributed by atoms with E-state index in [0.717, 1.165) is 5.03 Å². The van der Waals surface area contributed by atoms with Gasteiger partial charge < -0.3 is 0 Å². The van der Waals surface area contributed by atoms with Gasteiger partial charge in [0.15, 0.2) is 0 Å². The Balaban J connectivity index is 3.83. The molecule has 0 radical (unpaired) electrons. The predicted molar refractivity (Wildman–Crippen MR) is 52.9 cm³/mol. The summed E-state index contributed by atoms with van der Waals surface area (Å²) in [6.07, 6.45) is 3.86. The van der Waals surface area contributed by atoms with Crippen molar-refractivity contribution in [2.45, 2.75) is 47.0 Å². The standard InChI is InChI=1S/C10H19Cl/c1-5-6-7-8(2)9(3)10(4)11/h8H,5-7H2,1-4H3. The van der Waals surface area contributed by atoms with Crippen molar-refractivity contribution >= 4 is 11.6 Å². The molecule has 0 heterocycles. The SMILES string of the molecule is CCCCC(C)C(C)=C(C)Cl. The van der Waals surface area contributed by atoms with Crippen LogP contribution in [0.4, 0.5) is 0 Å². The maximum Gasteiger partial charge on any atom is 0.0141 e. The predicted octanol–water partition coefficient (Wildman–Crippen LogP) is 4.35. The van der Waals surface area contributed by atoms with Crippen LogP contribution in [-0.4, -0.2) is 0 Å². The first-order valence-electron chi connectivity index (χ1n) is 4.42. The van der Waals surface area contributed by atoms with Gasteiger partial charge >= 0.3 is 0 Å². The van der Waals surface area contributed by atoms with E-state index >= 15 is 0 Å². The second kappa shape index (κ2) is 5.65. The van der Waals surface area contributed by atoms with Gasteiger partial charge in [-0.05, 0) is 26.2 Å². The molecule has 1 unspecified atom stereocenters. The summed E-state index contributed by atoms with van der Waals surface area (Å²) in [6, 6.07) is 0. The molecule has 0 bridgehead atoms. The number of hydrogen-bond acceptors (Lipinski definition) is 0. The van der Waals surface area contributed by atoms with Gasteiger partial charge in [0.05, 0.1) is 0 Å². The molecule has 1 heteroatoms. The fraction of sp³-hybridized carbons (Fsp3) is 0.800. The van der Waals surface area contributed by atoms with Crippen LogP contribution in [0.25, 0.3) is 0 Å². The largest absolute Gasteiger partial charge is 0.0895 e. The average molecular weight is 175 g/mol. The Kier molecular flexibility index (Phi) is 5.67. The van der Waals surface area contributed by atoms with Crippen molar-refractivity contribution in [3.8, 4) is 0 Å². The summed E-state index contributed by atoms with van der Waals surface area (Å²) in [5.74, 6) is 0.660. The first-order chi connectivity index (χ1) is 5.09. The van der Waals surface area contributed by atoms with E-state index in [2.05, 4.69) is 20.8 Å². The topological polar surface area (TPSA) is 0 Å². The summed E-state index contributed by atoms with van der Waals surface area (Å²) in [5, 5.41) is 0.966. The summed E-state index contributed by atoms with van der Waals surface area (Å²) in [4.78, 5) is 0. The molecule has 0 saturated heterocycles. The van der Waals surface area contributed by atoms with E-state index in [-0.39, 0.29) is 0 Å². The third-order valence-electron chi connectivity index (χ3n) is 2.27. The van der Waals surface area contributed by atoms with Crippen molar-refractivity contribution in [2.75, 3.05) is 0 Å². The smallest absolute Gasteiger partial charge is 0.0141 e. The third kappa shape index (κ3) is 4.47. The lowest BCUT2D eigenvalue weighted by molar-refractivity contribution is 0.570. The molecule has 66 valence electrons. The quantitative estimate of drug-likeness (QED) is 0.595. The summed E-state index contributed by atoms with van der Waals surface area (Å²) in [7, 11) is 0. The molecular formula is C10H19Cl. The molecule has 0 aromatic heterocycles. The van der Waals surface area contributed by atoms with Crippen LogP contribution in [0.3, 0.4) is 0 Å². The molecule has 1 atom stereocenters. The highest BCUT2D eigenvalue weighted by Crippen LogP contribution is 2.21. The third-order valence-corrected chi connectivity index (χ3v) is 2.57. The highest BCUT2D eigenvalue weighted by atomic mass is 35.5. The molecule has 0 N–H and O–H groups in total. The molecule has 0 spiro atoms. The molecule has 0 aliphatic rings. The first-order valence-corrected chi connectivity index (χ1v) is 4.80. The van der Waals surface area contributed by atoms with E-state index in [1.54, 1.807) is 0 Å². The van der Waals surface area contributed by atoms with Gasteiger partial charge in [-0.3, -0.25) is 0 Å². The summed E-state index contributed by atoms with van der Waals surface area (Å²) in [5.41, 5.74) is 1.35. The van der Waals surface area contributed by atoms with E-state index in [1.165, 1.54) is 24.8 Å². The second-order valence-corrected chi connectivity index (χ2v) is 3.83. The monoisotopic (exact) mass is 174 g/mol. The fourth-order valence-electron chi connectivity index (χ4n) is 1.07. The molecule has 11 heavy (non-hydrogen) atoms. The Hall–Kier alpha value is 0.0300. The van der Waals surface area contributed by atoms with Crippen molar-refractivity contribution in [3.63, 3.8) is 0 Å². The van der Waals surface area contributed by atoms with E-state index in [4.69, 9.17) is 11.6 Å². The van der Waals surface area contributed by atoms with Crippen molar-refractivity contribution in [3.05, 3.63) is 10.6 Å². The number of rotatable bonds is 4. The van der Waals surface area contributed by atoms with Crippen molar-refractivity contribution in [1.82, 2.24) is 0 Å². The maximum absolute atomic E-state index is 5.88. The van der Waals surface area contributed by atoms with Crippen LogP contribution in [0.1, 0.15) is 47.0 Å². The number of hydrogen-bond donors (Lipinski definition) is 0. The number of allylic oxidation sites excluding steroid dienone is 2. The van der Waals surface area contributed by atoms with Gasteiger partial charge in [0.2, 0.25) is 0 Å². The highest BCUT2D eigenvalue weighted by Gasteiger charge is 2.04. The van der Waals surface area contributed by atoms with Gasteiger partial charge in [-0.1, -0.05) is 43.9 Å². The lowest BCUT2D eigenvalue weighted by Gasteiger charge is -2.11. The molecule has 0 fully saturated rings.